The fraction of sp³-hybridized carbons (Fsp3) is 0.765. The molecule has 1 unspecified atom stereocenters. The van der Waals surface area contributed by atoms with Crippen LogP contribution in [0.5, 0.6) is 0 Å². The summed E-state index contributed by atoms with van der Waals surface area (Å²) in [5, 5.41) is 9.76. The Labute approximate surface area is 130 Å². The minimum atomic E-state index is -0.364. The fourth-order valence-corrected chi connectivity index (χ4v) is 2.65. The summed E-state index contributed by atoms with van der Waals surface area (Å²) in [6, 6.07) is 0. The minimum absolute atomic E-state index is 0.364. The van der Waals surface area contributed by atoms with Crippen LogP contribution < -0.4 is 0 Å². The van der Waals surface area contributed by atoms with Crippen molar-refractivity contribution in [1.29, 1.82) is 0 Å². The molecule has 0 spiro atoms. The Hall–Kier alpha value is -0.680. The highest BCUT2D eigenvalue weighted by Gasteiger charge is 2.18. The van der Waals surface area contributed by atoms with Crippen molar-refractivity contribution in [2.75, 3.05) is 53.0 Å². The van der Waals surface area contributed by atoms with E-state index in [0.29, 0.717) is 6.61 Å². The van der Waals surface area contributed by atoms with Crippen LogP contribution >= 0.6 is 0 Å². The van der Waals surface area contributed by atoms with E-state index in [0.717, 1.165) is 52.1 Å². The summed E-state index contributed by atoms with van der Waals surface area (Å²) >= 11 is 0. The molecule has 4 nitrogen and oxygen atoms in total. The van der Waals surface area contributed by atoms with E-state index in [4.69, 9.17) is 4.74 Å². The Morgan fingerprint density at radius 2 is 1.90 bits per heavy atom. The number of hydrogen-bond donors (Lipinski definition) is 1. The maximum Gasteiger partial charge on any atom is 0.0900 e. The maximum atomic E-state index is 9.76. The minimum Gasteiger partial charge on any atom is -0.389 e. The van der Waals surface area contributed by atoms with Gasteiger partial charge in [-0.25, -0.2) is 0 Å². The van der Waals surface area contributed by atoms with Crippen molar-refractivity contribution in [2.24, 2.45) is 0 Å². The lowest BCUT2D eigenvalue weighted by Gasteiger charge is -2.35. The van der Waals surface area contributed by atoms with Crippen molar-refractivity contribution in [1.82, 2.24) is 9.80 Å². The first kappa shape index (κ1) is 18.4. The van der Waals surface area contributed by atoms with E-state index in [1.54, 1.807) is 7.11 Å². The van der Waals surface area contributed by atoms with Crippen LogP contribution in [0, 0.1) is 0 Å². The van der Waals surface area contributed by atoms with Gasteiger partial charge in [-0.05, 0) is 19.8 Å². The smallest absolute Gasteiger partial charge is 0.0900 e. The molecule has 0 aliphatic carbocycles. The molecule has 1 fully saturated rings. The summed E-state index contributed by atoms with van der Waals surface area (Å²) < 4.78 is 4.98. The summed E-state index contributed by atoms with van der Waals surface area (Å²) in [6.45, 7) is 10.9. The third-order valence-corrected chi connectivity index (χ3v) is 4.02. The summed E-state index contributed by atoms with van der Waals surface area (Å²) in [5.41, 5.74) is 1.52. The predicted molar refractivity (Wildman–Crippen MR) is 88.6 cm³/mol. The number of β-amino-alcohol motifs (C(OH)–C–C–N with tert-alkyl or cyclic N) is 1. The van der Waals surface area contributed by atoms with Crippen molar-refractivity contribution in [2.45, 2.75) is 32.8 Å². The van der Waals surface area contributed by atoms with Gasteiger partial charge in [-0.15, -0.1) is 0 Å². The van der Waals surface area contributed by atoms with Crippen LogP contribution in [0.4, 0.5) is 0 Å². The lowest BCUT2D eigenvalue weighted by Crippen LogP contribution is -2.49. The second kappa shape index (κ2) is 11.0. The molecular weight excluding hydrogens is 264 g/mol. The molecule has 0 radical (unpaired) electrons. The van der Waals surface area contributed by atoms with Crippen LogP contribution in [0.25, 0.3) is 0 Å². The summed E-state index contributed by atoms with van der Waals surface area (Å²) in [6.07, 6.45) is 8.39. The highest BCUT2D eigenvalue weighted by atomic mass is 16.5. The van der Waals surface area contributed by atoms with Crippen molar-refractivity contribution in [3.63, 3.8) is 0 Å². The van der Waals surface area contributed by atoms with Crippen LogP contribution in [0.1, 0.15) is 26.7 Å². The van der Waals surface area contributed by atoms with Crippen LogP contribution in [0.3, 0.4) is 0 Å². The Bertz CT molecular complexity index is 321. The number of aliphatic hydroxyl groups is 1. The largest absolute Gasteiger partial charge is 0.389 e. The topological polar surface area (TPSA) is 35.9 Å². The van der Waals surface area contributed by atoms with Crippen molar-refractivity contribution < 1.29 is 9.84 Å². The molecule has 1 N–H and O–H groups in total. The highest BCUT2D eigenvalue weighted by molar-refractivity contribution is 5.11. The van der Waals surface area contributed by atoms with Crippen molar-refractivity contribution in [3.8, 4) is 0 Å². The van der Waals surface area contributed by atoms with Gasteiger partial charge in [0.2, 0.25) is 0 Å². The molecule has 21 heavy (non-hydrogen) atoms. The van der Waals surface area contributed by atoms with Gasteiger partial charge in [0.25, 0.3) is 0 Å². The third kappa shape index (κ3) is 7.77. The first-order valence-corrected chi connectivity index (χ1v) is 8.12. The number of rotatable bonds is 9. The first-order chi connectivity index (χ1) is 10.2. The number of methoxy groups -OCH3 is 1. The monoisotopic (exact) mass is 296 g/mol. The molecule has 0 aromatic rings. The van der Waals surface area contributed by atoms with E-state index < -0.39 is 0 Å². The Morgan fingerprint density at radius 1 is 1.24 bits per heavy atom. The zero-order chi connectivity index (χ0) is 15.5. The zero-order valence-corrected chi connectivity index (χ0v) is 13.9. The van der Waals surface area contributed by atoms with Gasteiger partial charge in [0.15, 0.2) is 0 Å². The number of hydrogen-bond acceptors (Lipinski definition) is 4. The van der Waals surface area contributed by atoms with Crippen molar-refractivity contribution >= 4 is 0 Å². The molecule has 0 amide bonds. The van der Waals surface area contributed by atoms with Gasteiger partial charge in [-0.2, -0.15) is 0 Å². The van der Waals surface area contributed by atoms with Crippen LogP contribution in [-0.4, -0.2) is 74.0 Å². The van der Waals surface area contributed by atoms with E-state index in [-0.39, 0.29) is 6.10 Å². The molecule has 0 aromatic heterocycles. The third-order valence-electron chi connectivity index (χ3n) is 4.02. The van der Waals surface area contributed by atoms with E-state index in [2.05, 4.69) is 41.9 Å². The van der Waals surface area contributed by atoms with Gasteiger partial charge in [0.05, 0.1) is 12.7 Å². The normalized spacial score (nSPS) is 20.3. The fourth-order valence-electron chi connectivity index (χ4n) is 2.65. The Balaban J connectivity index is 2.24. The number of piperazine rings is 1. The van der Waals surface area contributed by atoms with E-state index >= 15 is 0 Å². The number of aliphatic hydroxyl groups excluding tert-OH is 1. The van der Waals surface area contributed by atoms with Gasteiger partial charge in [-0.1, -0.05) is 30.7 Å². The molecule has 1 heterocycles. The van der Waals surface area contributed by atoms with Crippen molar-refractivity contribution in [3.05, 3.63) is 23.8 Å². The average molecular weight is 296 g/mol. The maximum absolute atomic E-state index is 9.76. The van der Waals surface area contributed by atoms with Crippen LogP contribution in [-0.2, 0) is 4.74 Å². The molecule has 1 aliphatic rings. The summed E-state index contributed by atoms with van der Waals surface area (Å²) in [4.78, 5) is 4.86. The van der Waals surface area contributed by atoms with Gasteiger partial charge in [0, 0.05) is 46.4 Å². The number of allylic oxidation sites excluding steroid dienone is 3. The van der Waals surface area contributed by atoms with Crippen LogP contribution in [0.15, 0.2) is 23.8 Å². The molecule has 1 atom stereocenters. The second-order valence-electron chi connectivity index (χ2n) is 5.71. The Kier molecular flexibility index (Phi) is 9.59. The van der Waals surface area contributed by atoms with E-state index in [1.165, 1.54) is 5.57 Å². The average Bonchev–Trinajstić information content (AvgIpc) is 2.49. The molecule has 4 heteroatoms. The number of nitrogens with zero attached hydrogens (tertiary/aromatic N) is 2. The SMILES string of the molecule is C/C=C\C=C(/CC)CCN1CCN(CC(O)COC)CC1. The zero-order valence-electron chi connectivity index (χ0n) is 13.9. The predicted octanol–water partition coefficient (Wildman–Crippen LogP) is 1.91. The molecule has 0 aromatic carbocycles. The molecule has 1 saturated heterocycles. The van der Waals surface area contributed by atoms with Gasteiger partial charge in [-0.3, -0.25) is 4.90 Å². The molecule has 0 bridgehead atoms. The lowest BCUT2D eigenvalue weighted by atomic mass is 10.1. The first-order valence-electron chi connectivity index (χ1n) is 8.12. The lowest BCUT2D eigenvalue weighted by molar-refractivity contribution is 0.0240. The molecule has 1 rings (SSSR count). The molecule has 122 valence electrons. The van der Waals surface area contributed by atoms with Gasteiger partial charge < -0.3 is 14.7 Å². The highest BCUT2D eigenvalue weighted by Crippen LogP contribution is 2.10. The quantitative estimate of drug-likeness (QED) is 0.659. The molecule has 0 saturated carbocycles. The van der Waals surface area contributed by atoms with E-state index in [9.17, 15) is 5.11 Å². The van der Waals surface area contributed by atoms with E-state index in [1.807, 2.05) is 0 Å². The molecular formula is C17H32N2O2. The van der Waals surface area contributed by atoms with Gasteiger partial charge >= 0.3 is 0 Å². The number of ether oxygens (including phenoxy) is 1. The second-order valence-corrected chi connectivity index (χ2v) is 5.71. The summed E-state index contributed by atoms with van der Waals surface area (Å²) in [5.74, 6) is 0. The van der Waals surface area contributed by atoms with Gasteiger partial charge in [0.1, 0.15) is 0 Å². The molecule has 1 aliphatic heterocycles. The summed E-state index contributed by atoms with van der Waals surface area (Å²) in [7, 11) is 1.63. The Morgan fingerprint density at radius 3 is 2.48 bits per heavy atom. The van der Waals surface area contributed by atoms with Crippen LogP contribution in [0.2, 0.25) is 0 Å². The standard InChI is InChI=1S/C17H32N2O2/c1-4-6-7-16(5-2)8-9-18-10-12-19(13-11-18)14-17(20)15-21-3/h4,6-7,17,20H,5,8-15H2,1-3H3/b6-4-,16-7+.